The van der Waals surface area contributed by atoms with Crippen molar-refractivity contribution in [1.82, 2.24) is 15.1 Å². The van der Waals surface area contributed by atoms with Crippen molar-refractivity contribution in [2.24, 2.45) is 5.92 Å². The number of hydrogen-bond donors (Lipinski definition) is 2. The number of nitro benzene ring substituents is 1. The number of nitrogens with zero attached hydrogens (tertiary/aromatic N) is 3. The number of hydrogen-bond acceptors (Lipinski definition) is 6. The highest BCUT2D eigenvalue weighted by Gasteiger charge is 2.34. The van der Waals surface area contributed by atoms with Crippen molar-refractivity contribution in [1.29, 1.82) is 0 Å². The van der Waals surface area contributed by atoms with Gasteiger partial charge in [0.05, 0.1) is 10.8 Å². The van der Waals surface area contributed by atoms with E-state index in [0.29, 0.717) is 25.0 Å². The Morgan fingerprint density at radius 2 is 2.04 bits per heavy atom. The molecule has 1 saturated carbocycles. The lowest BCUT2D eigenvalue weighted by molar-refractivity contribution is -0.384. The van der Waals surface area contributed by atoms with Gasteiger partial charge in [0.1, 0.15) is 5.69 Å². The van der Waals surface area contributed by atoms with Crippen molar-refractivity contribution < 1.29 is 19.6 Å². The van der Waals surface area contributed by atoms with E-state index >= 15 is 0 Å². The zero-order valence-corrected chi connectivity index (χ0v) is 15.0. The summed E-state index contributed by atoms with van der Waals surface area (Å²) >= 11 is 0. The van der Waals surface area contributed by atoms with Gasteiger partial charge in [-0.25, -0.2) is 4.68 Å². The van der Waals surface area contributed by atoms with Gasteiger partial charge < -0.3 is 10.4 Å². The Kier molecular flexibility index (Phi) is 5.21. The molecule has 1 aliphatic carbocycles. The monoisotopic (exact) mass is 386 g/mol. The van der Waals surface area contributed by atoms with Crippen LogP contribution in [0.15, 0.2) is 35.1 Å². The lowest BCUT2D eigenvalue weighted by Gasteiger charge is -2.17. The SMILES string of the molecule is Cc1cc(=O)c(C(=O)N[C@@H]2CCC[C@@H]2C(=O)O)nn1-c1ccccc1[N+](=O)[O-]. The molecule has 3 rings (SSSR count). The summed E-state index contributed by atoms with van der Waals surface area (Å²) in [6.07, 6.45) is 1.60. The summed E-state index contributed by atoms with van der Waals surface area (Å²) in [7, 11) is 0. The molecule has 0 aliphatic heterocycles. The van der Waals surface area contributed by atoms with Gasteiger partial charge in [-0.1, -0.05) is 18.6 Å². The predicted molar refractivity (Wildman–Crippen MR) is 97.5 cm³/mol. The molecule has 146 valence electrons. The Morgan fingerprint density at radius 1 is 1.32 bits per heavy atom. The molecule has 1 fully saturated rings. The number of nitrogens with one attached hydrogen (secondary N) is 1. The van der Waals surface area contributed by atoms with Crippen LogP contribution in [0.3, 0.4) is 0 Å². The van der Waals surface area contributed by atoms with Crippen LogP contribution >= 0.6 is 0 Å². The van der Waals surface area contributed by atoms with Crippen LogP contribution in [0, 0.1) is 23.0 Å². The van der Waals surface area contributed by atoms with Crippen molar-refractivity contribution in [3.63, 3.8) is 0 Å². The molecule has 0 unspecified atom stereocenters. The third kappa shape index (κ3) is 3.61. The topological polar surface area (TPSA) is 144 Å². The van der Waals surface area contributed by atoms with Gasteiger partial charge in [0.2, 0.25) is 5.43 Å². The number of amides is 1. The molecular weight excluding hydrogens is 368 g/mol. The van der Waals surface area contributed by atoms with Crippen molar-refractivity contribution in [2.75, 3.05) is 0 Å². The van der Waals surface area contributed by atoms with Crippen molar-refractivity contribution in [3.05, 3.63) is 62.1 Å². The largest absolute Gasteiger partial charge is 0.481 e. The molecule has 0 saturated heterocycles. The normalized spacial score (nSPS) is 18.6. The number of carbonyl (C=O) groups is 2. The molecule has 2 aromatic rings. The number of rotatable bonds is 5. The van der Waals surface area contributed by atoms with Crippen molar-refractivity contribution in [3.8, 4) is 5.69 Å². The van der Waals surface area contributed by atoms with Gasteiger partial charge in [-0.15, -0.1) is 0 Å². The minimum Gasteiger partial charge on any atom is -0.481 e. The fourth-order valence-corrected chi connectivity index (χ4v) is 3.41. The fraction of sp³-hybridized carbons (Fsp3) is 0.333. The van der Waals surface area contributed by atoms with E-state index in [0.717, 1.165) is 4.68 Å². The standard InChI is InChI=1S/C18H18N4O6/c1-10-9-15(23)16(17(24)19-12-6-4-5-11(12)18(25)26)20-21(10)13-7-2-3-8-14(13)22(27)28/h2-3,7-9,11-12H,4-6H2,1H3,(H,19,24)(H,25,26)/t11-,12+/m0/s1. The Hall–Kier alpha value is -3.56. The van der Waals surface area contributed by atoms with E-state index in [1.165, 1.54) is 24.3 Å². The summed E-state index contributed by atoms with van der Waals surface area (Å²) in [6, 6.07) is 6.41. The quantitative estimate of drug-likeness (QED) is 0.584. The van der Waals surface area contributed by atoms with Gasteiger partial charge in [-0.2, -0.15) is 5.10 Å². The number of aromatic nitrogens is 2. The summed E-state index contributed by atoms with van der Waals surface area (Å²) < 4.78 is 1.16. The Balaban J connectivity index is 1.99. The minimum absolute atomic E-state index is 0.114. The van der Waals surface area contributed by atoms with Gasteiger partial charge in [-0.05, 0) is 25.8 Å². The first-order valence-corrected chi connectivity index (χ1v) is 8.68. The van der Waals surface area contributed by atoms with Gasteiger partial charge in [0, 0.05) is 23.9 Å². The van der Waals surface area contributed by atoms with Crippen molar-refractivity contribution >= 4 is 17.6 Å². The maximum absolute atomic E-state index is 12.6. The Labute approximate surface area is 159 Å². The summed E-state index contributed by atoms with van der Waals surface area (Å²) in [6.45, 7) is 1.55. The third-order valence-corrected chi connectivity index (χ3v) is 4.78. The molecule has 10 nitrogen and oxygen atoms in total. The smallest absolute Gasteiger partial charge is 0.308 e. The Bertz CT molecular complexity index is 1020. The zero-order valence-electron chi connectivity index (χ0n) is 15.0. The third-order valence-electron chi connectivity index (χ3n) is 4.78. The minimum atomic E-state index is -1.00. The molecular formula is C18H18N4O6. The maximum atomic E-state index is 12.6. The van der Waals surface area contributed by atoms with Crippen LogP contribution in [0.25, 0.3) is 5.69 Å². The predicted octanol–water partition coefficient (Wildman–Crippen LogP) is 1.43. The summed E-state index contributed by atoms with van der Waals surface area (Å²) in [5.41, 5.74) is -0.882. The molecule has 1 aromatic heterocycles. The van der Waals surface area contributed by atoms with Crippen LogP contribution in [0.2, 0.25) is 0 Å². The molecule has 1 aliphatic rings. The second-order valence-electron chi connectivity index (χ2n) is 6.61. The second kappa shape index (κ2) is 7.59. The maximum Gasteiger partial charge on any atom is 0.308 e. The highest BCUT2D eigenvalue weighted by molar-refractivity contribution is 5.92. The zero-order chi connectivity index (χ0) is 20.4. The van der Waals surface area contributed by atoms with E-state index < -0.39 is 39.9 Å². The Morgan fingerprint density at radius 3 is 2.71 bits per heavy atom. The highest BCUT2D eigenvalue weighted by atomic mass is 16.6. The number of aryl methyl sites for hydroxylation is 1. The average molecular weight is 386 g/mol. The van der Waals surface area contributed by atoms with E-state index in [1.54, 1.807) is 13.0 Å². The van der Waals surface area contributed by atoms with Gasteiger partial charge >= 0.3 is 5.97 Å². The molecule has 0 radical (unpaired) electrons. The first-order chi connectivity index (χ1) is 13.3. The van der Waals surface area contributed by atoms with Crippen LogP contribution in [0.4, 0.5) is 5.69 Å². The summed E-state index contributed by atoms with van der Waals surface area (Å²) in [4.78, 5) is 46.9. The number of benzene rings is 1. The molecule has 1 heterocycles. The number of carboxylic acids is 1. The average Bonchev–Trinajstić information content (AvgIpc) is 3.10. The van der Waals surface area contributed by atoms with Crippen molar-refractivity contribution in [2.45, 2.75) is 32.2 Å². The van der Waals surface area contributed by atoms with Crippen LogP contribution in [-0.4, -0.2) is 37.7 Å². The van der Waals surface area contributed by atoms with E-state index in [4.69, 9.17) is 0 Å². The molecule has 2 atom stereocenters. The van der Waals surface area contributed by atoms with Gasteiger partial charge in [0.15, 0.2) is 5.69 Å². The van der Waals surface area contributed by atoms with Crippen LogP contribution < -0.4 is 10.7 Å². The molecule has 1 amide bonds. The van der Waals surface area contributed by atoms with Gasteiger partial charge in [-0.3, -0.25) is 24.5 Å². The molecule has 2 N–H and O–H groups in total. The summed E-state index contributed by atoms with van der Waals surface area (Å²) in [5, 5.41) is 27.1. The van der Waals surface area contributed by atoms with E-state index in [-0.39, 0.29) is 11.4 Å². The number of carbonyl (C=O) groups excluding carboxylic acids is 1. The van der Waals surface area contributed by atoms with Gasteiger partial charge in [0.25, 0.3) is 11.6 Å². The fourth-order valence-electron chi connectivity index (χ4n) is 3.41. The molecule has 28 heavy (non-hydrogen) atoms. The first-order valence-electron chi connectivity index (χ1n) is 8.68. The van der Waals surface area contributed by atoms with Crippen LogP contribution in [-0.2, 0) is 4.79 Å². The molecule has 10 heteroatoms. The first kappa shape index (κ1) is 19.2. The van der Waals surface area contributed by atoms with E-state index in [1.807, 2.05) is 0 Å². The number of para-hydroxylation sites is 2. The molecule has 0 spiro atoms. The molecule has 1 aromatic carbocycles. The summed E-state index contributed by atoms with van der Waals surface area (Å²) in [5.74, 6) is -2.51. The number of carboxylic acid groups (broad SMARTS) is 1. The molecule has 0 bridgehead atoms. The highest BCUT2D eigenvalue weighted by Crippen LogP contribution is 2.26. The number of aliphatic carboxylic acids is 1. The lowest BCUT2D eigenvalue weighted by atomic mass is 10.0. The number of nitro groups is 1. The van der Waals surface area contributed by atoms with E-state index in [9.17, 15) is 29.6 Å². The van der Waals surface area contributed by atoms with Crippen LogP contribution in [0.5, 0.6) is 0 Å². The van der Waals surface area contributed by atoms with Crippen LogP contribution in [0.1, 0.15) is 35.4 Å². The second-order valence-corrected chi connectivity index (χ2v) is 6.61. The lowest BCUT2D eigenvalue weighted by Crippen LogP contribution is -2.42. The van der Waals surface area contributed by atoms with E-state index in [2.05, 4.69) is 10.4 Å².